The molecule has 2 heterocycles. The van der Waals surface area contributed by atoms with Crippen LogP contribution < -0.4 is 10.1 Å². The van der Waals surface area contributed by atoms with Crippen LogP contribution >= 0.6 is 11.6 Å². The first-order valence-electron chi connectivity index (χ1n) is 12.8. The minimum Gasteiger partial charge on any atom is -0.434 e. The Morgan fingerprint density at radius 1 is 1.33 bits per heavy atom. The Hall–Kier alpha value is -2.56. The van der Waals surface area contributed by atoms with Gasteiger partial charge in [0, 0.05) is 43.7 Å². The number of hydrogen-bond acceptors (Lipinski definition) is 8. The van der Waals surface area contributed by atoms with E-state index in [1.807, 2.05) is 0 Å². The van der Waals surface area contributed by atoms with Crippen molar-refractivity contribution in [1.29, 1.82) is 0 Å². The fraction of sp³-hybridized carbons (Fsp3) is 0.640. The molecule has 0 aliphatic heterocycles. The minimum atomic E-state index is -4.60. The number of aliphatic hydroxyl groups is 2. The smallest absolute Gasteiger partial charge is 0.394 e. The van der Waals surface area contributed by atoms with Gasteiger partial charge in [0.2, 0.25) is 0 Å². The largest absolute Gasteiger partial charge is 0.434 e. The van der Waals surface area contributed by atoms with Gasteiger partial charge in [-0.3, -0.25) is 14.5 Å². The number of sulfone groups is 1. The number of aliphatic hydroxyl groups excluding tert-OH is 1. The number of ether oxygens (including phenoxy) is 1. The second-order valence-electron chi connectivity index (χ2n) is 11.0. The van der Waals surface area contributed by atoms with Gasteiger partial charge in [-0.05, 0) is 26.2 Å². The van der Waals surface area contributed by atoms with Crippen LogP contribution in [0.1, 0.15) is 56.2 Å². The zero-order valence-electron chi connectivity index (χ0n) is 23.2. The summed E-state index contributed by atoms with van der Waals surface area (Å²) in [4.78, 5) is 17.0. The summed E-state index contributed by atoms with van der Waals surface area (Å²) in [6, 6.07) is 0.946. The van der Waals surface area contributed by atoms with Gasteiger partial charge < -0.3 is 20.3 Å². The van der Waals surface area contributed by atoms with Crippen LogP contribution in [0.15, 0.2) is 12.3 Å². The van der Waals surface area contributed by atoms with Crippen molar-refractivity contribution in [2.75, 3.05) is 12.8 Å². The van der Waals surface area contributed by atoms with Crippen molar-refractivity contribution in [2.45, 2.75) is 82.7 Å². The second-order valence-corrected chi connectivity index (χ2v) is 13.7. The molecular weight excluding hydrogens is 615 g/mol. The van der Waals surface area contributed by atoms with Gasteiger partial charge in [0.1, 0.15) is 21.2 Å². The number of rotatable bonds is 10. The van der Waals surface area contributed by atoms with E-state index in [1.165, 1.54) is 4.68 Å². The van der Waals surface area contributed by atoms with E-state index in [9.17, 15) is 45.4 Å². The molecule has 0 radical (unpaired) electrons. The number of halogens is 6. The lowest BCUT2D eigenvalue weighted by Crippen LogP contribution is -2.56. The van der Waals surface area contributed by atoms with E-state index in [2.05, 4.69) is 20.1 Å². The van der Waals surface area contributed by atoms with Crippen LogP contribution in [0.4, 0.5) is 22.0 Å². The maximum absolute atomic E-state index is 13.4. The Balaban J connectivity index is 1.91. The van der Waals surface area contributed by atoms with E-state index in [4.69, 9.17) is 11.6 Å². The lowest BCUT2D eigenvalue weighted by Gasteiger charge is -2.39. The number of nitrogens with zero attached hydrogens (tertiary/aromatic N) is 3. The monoisotopic (exact) mass is 646 g/mol. The summed E-state index contributed by atoms with van der Waals surface area (Å²) in [5.74, 6) is -1.43. The Kier molecular flexibility index (Phi) is 9.86. The summed E-state index contributed by atoms with van der Waals surface area (Å²) in [7, 11) is -3.45. The van der Waals surface area contributed by atoms with Crippen LogP contribution in [0.25, 0.3) is 11.3 Å². The fourth-order valence-corrected chi connectivity index (χ4v) is 6.05. The van der Waals surface area contributed by atoms with Crippen molar-refractivity contribution < 1.29 is 50.1 Å². The molecular formula is C25H32ClF5N4O6S. The van der Waals surface area contributed by atoms with Gasteiger partial charge in [-0.1, -0.05) is 25.4 Å². The summed E-state index contributed by atoms with van der Waals surface area (Å²) in [6.45, 7) is -0.254. The number of carbonyl (C=O) groups is 1. The van der Waals surface area contributed by atoms with Crippen molar-refractivity contribution >= 4 is 27.3 Å². The Morgan fingerprint density at radius 3 is 2.50 bits per heavy atom. The highest BCUT2D eigenvalue weighted by atomic mass is 35.5. The van der Waals surface area contributed by atoms with Crippen LogP contribution in [-0.2, 0) is 22.8 Å². The van der Waals surface area contributed by atoms with Crippen molar-refractivity contribution in [3.8, 4) is 17.0 Å². The molecule has 17 heteroatoms. The van der Waals surface area contributed by atoms with Crippen LogP contribution in [0.5, 0.6) is 5.75 Å². The molecule has 0 spiro atoms. The summed E-state index contributed by atoms with van der Waals surface area (Å²) in [6.07, 6.45) is -4.92. The third kappa shape index (κ3) is 7.32. The molecule has 10 nitrogen and oxygen atoms in total. The number of carbonyl (C=O) groups excluding carboxylic acids is 1. The number of amides is 1. The van der Waals surface area contributed by atoms with Gasteiger partial charge in [0.05, 0.1) is 33.0 Å². The summed E-state index contributed by atoms with van der Waals surface area (Å²) < 4.78 is 96.2. The average molecular weight is 647 g/mol. The number of nitrogens with one attached hydrogen (secondary N) is 1. The van der Waals surface area contributed by atoms with E-state index in [0.29, 0.717) is 0 Å². The molecule has 1 saturated carbocycles. The third-order valence-electron chi connectivity index (χ3n) is 7.36. The van der Waals surface area contributed by atoms with Crippen LogP contribution in [0.3, 0.4) is 0 Å². The average Bonchev–Trinajstić information content (AvgIpc) is 3.18. The number of aryl methyl sites for hydroxylation is 1. The highest BCUT2D eigenvalue weighted by molar-refractivity contribution is 7.91. The Bertz CT molecular complexity index is 1420. The number of hydrogen-bond donors (Lipinski definition) is 3. The SMILES string of the molecule is CCn1nc(C(=O)NCC2(O)CCC(S(C)(=O)=O)CC2O)c(Cl)c1-c1cnc(CC(C)(C)C(F)(F)F)cc1OC(F)F. The molecule has 3 N–H and O–H groups in total. The third-order valence-corrected chi connectivity index (χ3v) is 9.36. The van der Waals surface area contributed by atoms with E-state index < -0.39 is 69.6 Å². The second kappa shape index (κ2) is 12.2. The molecule has 3 rings (SSSR count). The normalized spacial score (nSPS) is 21.9. The first kappa shape index (κ1) is 33.9. The Morgan fingerprint density at radius 2 is 1.98 bits per heavy atom. The summed E-state index contributed by atoms with van der Waals surface area (Å²) in [5.41, 5.74) is -4.83. The zero-order chi connectivity index (χ0) is 31.8. The maximum Gasteiger partial charge on any atom is 0.394 e. The quantitative estimate of drug-likeness (QED) is 0.331. The standard InChI is InChI=1S/C25H32ClF5N4O6S/c1-5-35-20(15-11-32-13(8-16(15)41-22(27)28)10-23(2,3)25(29,30)31)18(26)19(34-35)21(37)33-12-24(38)7-6-14(9-17(24)36)42(4,39)40/h8,11,14,17,22,36,38H,5-7,9-10,12H2,1-4H3,(H,33,37). The number of aromatic nitrogens is 3. The molecule has 2 aromatic rings. The van der Waals surface area contributed by atoms with Gasteiger partial charge in [-0.15, -0.1) is 0 Å². The topological polar surface area (TPSA) is 144 Å². The molecule has 2 aromatic heterocycles. The number of alkyl halides is 5. The lowest BCUT2D eigenvalue weighted by atomic mass is 9.82. The predicted molar refractivity (Wildman–Crippen MR) is 142 cm³/mol. The Labute approximate surface area is 244 Å². The van der Waals surface area contributed by atoms with Gasteiger partial charge in [0.15, 0.2) is 5.69 Å². The molecule has 0 bridgehead atoms. The van der Waals surface area contributed by atoms with E-state index >= 15 is 0 Å². The van der Waals surface area contributed by atoms with Crippen molar-refractivity contribution in [1.82, 2.24) is 20.1 Å². The maximum atomic E-state index is 13.4. The van der Waals surface area contributed by atoms with Crippen molar-refractivity contribution in [3.05, 3.63) is 28.7 Å². The summed E-state index contributed by atoms with van der Waals surface area (Å²) >= 11 is 6.46. The fourth-order valence-electron chi connectivity index (χ4n) is 4.65. The number of pyridine rings is 1. The van der Waals surface area contributed by atoms with Crippen LogP contribution in [0, 0.1) is 5.41 Å². The molecule has 3 unspecified atom stereocenters. The van der Waals surface area contributed by atoms with E-state index in [1.54, 1.807) is 6.92 Å². The van der Waals surface area contributed by atoms with E-state index in [0.717, 1.165) is 32.4 Å². The van der Waals surface area contributed by atoms with Crippen LogP contribution in [0.2, 0.25) is 5.02 Å². The molecule has 3 atom stereocenters. The molecule has 0 aromatic carbocycles. The van der Waals surface area contributed by atoms with Crippen molar-refractivity contribution in [3.63, 3.8) is 0 Å². The van der Waals surface area contributed by atoms with Crippen molar-refractivity contribution in [2.24, 2.45) is 5.41 Å². The van der Waals surface area contributed by atoms with Gasteiger partial charge in [-0.25, -0.2) is 8.42 Å². The molecule has 1 fully saturated rings. The highest BCUT2D eigenvalue weighted by Crippen LogP contribution is 2.42. The molecule has 0 saturated heterocycles. The molecule has 1 aliphatic carbocycles. The first-order valence-corrected chi connectivity index (χ1v) is 15.2. The van der Waals surface area contributed by atoms with Crippen LogP contribution in [-0.4, -0.2) is 81.8 Å². The highest BCUT2D eigenvalue weighted by Gasteiger charge is 2.47. The van der Waals surface area contributed by atoms with Gasteiger partial charge in [0.25, 0.3) is 5.91 Å². The summed E-state index contributed by atoms with van der Waals surface area (Å²) in [5, 5.41) is 26.7. The molecule has 1 aliphatic rings. The molecule has 236 valence electrons. The minimum absolute atomic E-state index is 0.0632. The van der Waals surface area contributed by atoms with Gasteiger partial charge >= 0.3 is 12.8 Å². The van der Waals surface area contributed by atoms with E-state index in [-0.39, 0.29) is 53.5 Å². The predicted octanol–water partition coefficient (Wildman–Crippen LogP) is 3.77. The lowest BCUT2D eigenvalue weighted by molar-refractivity contribution is -0.211. The zero-order valence-corrected chi connectivity index (χ0v) is 24.7. The molecule has 42 heavy (non-hydrogen) atoms. The van der Waals surface area contributed by atoms with Gasteiger partial charge in [-0.2, -0.15) is 27.1 Å². The molecule has 1 amide bonds. The first-order chi connectivity index (χ1) is 19.2.